The second kappa shape index (κ2) is 7.86. The molecule has 0 spiro atoms. The van der Waals surface area contributed by atoms with E-state index in [1.54, 1.807) is 0 Å². The van der Waals surface area contributed by atoms with Crippen LogP contribution in [-0.4, -0.2) is 20.3 Å². The summed E-state index contributed by atoms with van der Waals surface area (Å²) in [7, 11) is -4.33. The van der Waals surface area contributed by atoms with E-state index in [1.165, 1.54) is 24.3 Å². The lowest BCUT2D eigenvalue weighted by molar-refractivity contribution is -0.137. The maximum Gasteiger partial charge on any atom is 0.417 e. The molecule has 0 amide bonds. The number of halogens is 5. The Morgan fingerprint density at radius 1 is 1.00 bits per heavy atom. The molecule has 0 saturated heterocycles. The first-order valence-corrected chi connectivity index (χ1v) is 9.41. The second-order valence-corrected chi connectivity index (χ2v) is 8.02. The van der Waals surface area contributed by atoms with Gasteiger partial charge < -0.3 is 17.2 Å². The van der Waals surface area contributed by atoms with Gasteiger partial charge in [0.05, 0.1) is 26.1 Å². The third-order valence-electron chi connectivity index (χ3n) is 3.25. The summed E-state index contributed by atoms with van der Waals surface area (Å²) in [6, 6.07) is 6.04. The predicted molar refractivity (Wildman–Crippen MR) is 100 cm³/mol. The Kier molecular flexibility index (Phi) is 6.12. The lowest BCUT2D eigenvalue weighted by atomic mass is 10.2. The molecule has 2 aromatic carbocycles. The van der Waals surface area contributed by atoms with E-state index in [-0.39, 0.29) is 9.92 Å². The molecule has 150 valence electrons. The SMILES string of the molecule is NC(N)=NC(N)=Nc1cc(C(F)(F)F)c(Cl)cc1S(=O)(=O)c1ccc(Cl)cc1. The molecule has 0 saturated carbocycles. The molecule has 6 N–H and O–H groups in total. The Bertz CT molecular complexity index is 1060. The number of rotatable bonds is 3. The molecular weight excluding hydrogens is 442 g/mol. The van der Waals surface area contributed by atoms with Crippen LogP contribution in [0.25, 0.3) is 0 Å². The van der Waals surface area contributed by atoms with Crippen molar-refractivity contribution in [3.63, 3.8) is 0 Å². The van der Waals surface area contributed by atoms with Crippen molar-refractivity contribution in [3.8, 4) is 0 Å². The fourth-order valence-corrected chi connectivity index (χ4v) is 3.95. The third kappa shape index (κ3) is 4.86. The largest absolute Gasteiger partial charge is 0.417 e. The molecule has 0 aliphatic rings. The van der Waals surface area contributed by atoms with Crippen molar-refractivity contribution in [2.75, 3.05) is 0 Å². The molecule has 7 nitrogen and oxygen atoms in total. The van der Waals surface area contributed by atoms with Gasteiger partial charge in [-0.2, -0.15) is 18.2 Å². The van der Waals surface area contributed by atoms with Crippen LogP contribution < -0.4 is 17.2 Å². The van der Waals surface area contributed by atoms with Crippen LogP contribution in [0.1, 0.15) is 5.56 Å². The molecule has 28 heavy (non-hydrogen) atoms. The van der Waals surface area contributed by atoms with Gasteiger partial charge in [0.15, 0.2) is 5.96 Å². The lowest BCUT2D eigenvalue weighted by Gasteiger charge is -2.14. The van der Waals surface area contributed by atoms with Crippen molar-refractivity contribution < 1.29 is 21.6 Å². The molecule has 0 atom stereocenters. The van der Waals surface area contributed by atoms with Crippen LogP contribution in [0.5, 0.6) is 0 Å². The molecule has 2 rings (SSSR count). The van der Waals surface area contributed by atoms with E-state index in [2.05, 4.69) is 9.98 Å². The number of alkyl halides is 3. The zero-order chi connectivity index (χ0) is 21.3. The van der Waals surface area contributed by atoms with E-state index in [0.717, 1.165) is 0 Å². The highest BCUT2D eigenvalue weighted by Crippen LogP contribution is 2.41. The Morgan fingerprint density at radius 2 is 1.57 bits per heavy atom. The molecule has 0 heterocycles. The Balaban J connectivity index is 2.80. The maximum atomic E-state index is 13.2. The highest BCUT2D eigenvalue weighted by Gasteiger charge is 2.36. The minimum atomic E-state index is -4.87. The predicted octanol–water partition coefficient (Wildman–Crippen LogP) is 3.06. The van der Waals surface area contributed by atoms with E-state index in [1.807, 2.05) is 0 Å². The molecular formula is C15H12Cl2F3N5O2S. The van der Waals surface area contributed by atoms with E-state index in [4.69, 9.17) is 40.4 Å². The summed E-state index contributed by atoms with van der Waals surface area (Å²) in [6.07, 6.45) is -4.87. The normalized spacial score (nSPS) is 12.7. The van der Waals surface area contributed by atoms with Crippen molar-refractivity contribution in [3.05, 3.63) is 52.0 Å². The first-order chi connectivity index (χ1) is 12.8. The molecule has 0 unspecified atom stereocenters. The Labute approximate surface area is 167 Å². The van der Waals surface area contributed by atoms with Crippen LogP contribution in [0, 0.1) is 0 Å². The van der Waals surface area contributed by atoms with Crippen LogP contribution in [0.2, 0.25) is 10.0 Å². The number of sulfone groups is 1. The Hall–Kier alpha value is -2.50. The summed E-state index contributed by atoms with van der Waals surface area (Å²) in [4.78, 5) is 6.11. The number of benzene rings is 2. The van der Waals surface area contributed by atoms with Crippen molar-refractivity contribution in [1.82, 2.24) is 0 Å². The van der Waals surface area contributed by atoms with Crippen LogP contribution in [0.15, 0.2) is 56.2 Å². The van der Waals surface area contributed by atoms with Crippen LogP contribution in [0.4, 0.5) is 18.9 Å². The van der Waals surface area contributed by atoms with Gasteiger partial charge in [0.25, 0.3) is 0 Å². The van der Waals surface area contributed by atoms with Crippen molar-refractivity contribution in [2.24, 2.45) is 27.2 Å². The zero-order valence-electron chi connectivity index (χ0n) is 13.7. The highest BCUT2D eigenvalue weighted by molar-refractivity contribution is 7.91. The first kappa shape index (κ1) is 21.8. The molecule has 0 aromatic heterocycles. The third-order valence-corrected chi connectivity index (χ3v) is 5.61. The fraction of sp³-hybridized carbons (Fsp3) is 0.0667. The smallest absolute Gasteiger partial charge is 0.370 e. The van der Waals surface area contributed by atoms with Gasteiger partial charge in [0.2, 0.25) is 15.8 Å². The average molecular weight is 454 g/mol. The molecule has 0 fully saturated rings. The summed E-state index contributed by atoms with van der Waals surface area (Å²) in [6.45, 7) is 0. The monoisotopic (exact) mass is 453 g/mol. The lowest BCUT2D eigenvalue weighted by Crippen LogP contribution is -2.26. The number of hydrogen-bond donors (Lipinski definition) is 3. The maximum absolute atomic E-state index is 13.2. The fourth-order valence-electron chi connectivity index (χ4n) is 2.08. The number of aliphatic imine (C=N–C) groups is 2. The highest BCUT2D eigenvalue weighted by atomic mass is 35.5. The zero-order valence-corrected chi connectivity index (χ0v) is 16.0. The van der Waals surface area contributed by atoms with Crippen LogP contribution in [-0.2, 0) is 16.0 Å². The van der Waals surface area contributed by atoms with E-state index >= 15 is 0 Å². The second-order valence-electron chi connectivity index (χ2n) is 5.26. The molecule has 13 heteroatoms. The molecule has 0 aliphatic heterocycles. The Morgan fingerprint density at radius 3 is 2.07 bits per heavy atom. The standard InChI is InChI=1S/C15H12Cl2F3N5O2S/c16-7-1-3-8(4-2-7)28(26,27)12-6-10(17)9(15(18,19)20)5-11(12)24-14(23)25-13(21)22/h1-6H,(H6,21,22,23,24,25). The molecule has 0 aliphatic carbocycles. The number of nitrogens with two attached hydrogens (primary N) is 3. The summed E-state index contributed by atoms with van der Waals surface area (Å²) in [5.74, 6) is -1.17. The summed E-state index contributed by atoms with van der Waals surface area (Å²) < 4.78 is 65.3. The molecule has 0 bridgehead atoms. The molecule has 0 radical (unpaired) electrons. The number of hydrogen-bond acceptors (Lipinski definition) is 3. The van der Waals surface area contributed by atoms with Gasteiger partial charge in [0.1, 0.15) is 0 Å². The van der Waals surface area contributed by atoms with Gasteiger partial charge in [-0.1, -0.05) is 23.2 Å². The quantitative estimate of drug-likeness (QED) is 0.484. The average Bonchev–Trinajstić information content (AvgIpc) is 2.54. The number of nitrogens with zero attached hydrogens (tertiary/aromatic N) is 2. The minimum absolute atomic E-state index is 0.246. The van der Waals surface area contributed by atoms with Gasteiger partial charge in [-0.05, 0) is 36.4 Å². The van der Waals surface area contributed by atoms with Gasteiger partial charge in [-0.3, -0.25) is 0 Å². The minimum Gasteiger partial charge on any atom is -0.370 e. The first-order valence-electron chi connectivity index (χ1n) is 7.17. The van der Waals surface area contributed by atoms with Gasteiger partial charge in [-0.25, -0.2) is 13.4 Å². The van der Waals surface area contributed by atoms with E-state index in [9.17, 15) is 21.6 Å². The summed E-state index contributed by atoms with van der Waals surface area (Å²) >= 11 is 11.4. The van der Waals surface area contributed by atoms with E-state index < -0.39 is 49.1 Å². The summed E-state index contributed by atoms with van der Waals surface area (Å²) in [5.41, 5.74) is 13.8. The molecule has 2 aromatic rings. The van der Waals surface area contributed by atoms with Crippen LogP contribution in [0.3, 0.4) is 0 Å². The van der Waals surface area contributed by atoms with Gasteiger partial charge >= 0.3 is 6.18 Å². The topological polar surface area (TPSA) is 137 Å². The van der Waals surface area contributed by atoms with Gasteiger partial charge in [0, 0.05) is 5.02 Å². The van der Waals surface area contributed by atoms with Crippen molar-refractivity contribution in [1.29, 1.82) is 0 Å². The summed E-state index contributed by atoms with van der Waals surface area (Å²) in [5, 5.41) is -0.570. The van der Waals surface area contributed by atoms with Crippen molar-refractivity contribution in [2.45, 2.75) is 16.0 Å². The van der Waals surface area contributed by atoms with E-state index in [0.29, 0.717) is 12.1 Å². The van der Waals surface area contributed by atoms with Crippen molar-refractivity contribution >= 4 is 50.6 Å². The number of guanidine groups is 2. The van der Waals surface area contributed by atoms with Crippen LogP contribution >= 0.6 is 23.2 Å². The van der Waals surface area contributed by atoms with Gasteiger partial charge in [-0.15, -0.1) is 0 Å².